The maximum absolute atomic E-state index is 14.5. The van der Waals surface area contributed by atoms with E-state index in [2.05, 4.69) is 9.72 Å². The van der Waals surface area contributed by atoms with Gasteiger partial charge in [-0.3, -0.25) is 4.79 Å². The molecule has 0 spiro atoms. The molecule has 1 N–H and O–H groups in total. The number of rotatable bonds is 3. The van der Waals surface area contributed by atoms with Crippen LogP contribution in [0, 0.1) is 5.82 Å². The first-order valence-electron chi connectivity index (χ1n) is 7.32. The first kappa shape index (κ1) is 14.4. The summed E-state index contributed by atoms with van der Waals surface area (Å²) >= 11 is 0. The Morgan fingerprint density at radius 1 is 1.38 bits per heavy atom. The van der Waals surface area contributed by atoms with Crippen molar-refractivity contribution in [1.29, 1.82) is 0 Å². The maximum atomic E-state index is 14.5. The van der Waals surface area contributed by atoms with E-state index in [1.54, 1.807) is 16.8 Å². The third-order valence-corrected chi connectivity index (χ3v) is 3.99. The van der Waals surface area contributed by atoms with E-state index >= 15 is 0 Å². The Balaban J connectivity index is 2.01. The molecule has 4 rings (SSSR count). The highest BCUT2D eigenvalue weighted by molar-refractivity contribution is 5.83. The number of aromatic nitrogens is 3. The molecule has 1 fully saturated rings. The number of hydrogen-bond donors (Lipinski definition) is 1. The van der Waals surface area contributed by atoms with Crippen molar-refractivity contribution in [2.45, 2.75) is 18.9 Å². The van der Waals surface area contributed by atoms with Crippen LogP contribution in [0.1, 0.15) is 18.9 Å². The average Bonchev–Trinajstić information content (AvgIpc) is 3.24. The van der Waals surface area contributed by atoms with E-state index in [0.29, 0.717) is 5.52 Å². The Morgan fingerprint density at radius 2 is 2.17 bits per heavy atom. The van der Waals surface area contributed by atoms with Crippen molar-refractivity contribution in [1.82, 2.24) is 14.1 Å². The van der Waals surface area contributed by atoms with Crippen LogP contribution in [0.25, 0.3) is 16.6 Å². The number of fused-ring (bicyclic) bond motifs is 1. The highest BCUT2D eigenvalue weighted by Gasteiger charge is 2.27. The third-order valence-electron chi connectivity index (χ3n) is 3.99. The monoisotopic (exact) mass is 329 g/mol. The molecule has 1 aliphatic carbocycles. The summed E-state index contributed by atoms with van der Waals surface area (Å²) in [6.45, 7) is 0. The molecule has 8 heteroatoms. The zero-order valence-corrected chi connectivity index (χ0v) is 12.3. The topological polar surface area (TPSA) is 86.3 Å². The van der Waals surface area contributed by atoms with E-state index in [9.17, 15) is 14.0 Å². The Hall–Kier alpha value is -3.16. The van der Waals surface area contributed by atoms with Gasteiger partial charge in [0.15, 0.2) is 5.75 Å². The molecular weight excluding hydrogens is 317 g/mol. The van der Waals surface area contributed by atoms with E-state index in [0.717, 1.165) is 18.9 Å². The SMILES string of the molecule is O=C(O)Oc1cn(C2CC2)c2cc(-n3ccnc3)c(F)cc2c1=O. The summed E-state index contributed by atoms with van der Waals surface area (Å²) in [4.78, 5) is 27.1. The molecule has 24 heavy (non-hydrogen) atoms. The Bertz CT molecular complexity index is 1010. The number of benzene rings is 1. The highest BCUT2D eigenvalue weighted by Crippen LogP contribution is 2.38. The van der Waals surface area contributed by atoms with E-state index in [1.165, 1.54) is 23.3 Å². The van der Waals surface area contributed by atoms with Crippen molar-refractivity contribution >= 4 is 17.1 Å². The molecule has 0 unspecified atom stereocenters. The summed E-state index contributed by atoms with van der Waals surface area (Å²) in [5, 5.41) is 8.86. The van der Waals surface area contributed by atoms with Gasteiger partial charge in [0, 0.05) is 18.4 Å². The standard InChI is InChI=1S/C16H12FN3O4/c17-11-5-10-12(6-13(11)19-4-3-18-8-19)20(9-1-2-9)7-14(15(10)21)24-16(22)23/h3-9H,1-2H2,(H,22,23). The molecule has 1 aromatic carbocycles. The molecule has 1 saturated carbocycles. The van der Waals surface area contributed by atoms with Crippen molar-refractivity contribution in [3.8, 4) is 11.4 Å². The molecule has 0 amide bonds. The van der Waals surface area contributed by atoms with Gasteiger partial charge < -0.3 is 19.0 Å². The molecule has 0 saturated heterocycles. The van der Waals surface area contributed by atoms with Gasteiger partial charge >= 0.3 is 6.16 Å². The lowest BCUT2D eigenvalue weighted by molar-refractivity contribution is 0.143. The lowest BCUT2D eigenvalue weighted by Crippen LogP contribution is -2.16. The number of pyridine rings is 1. The lowest BCUT2D eigenvalue weighted by atomic mass is 10.1. The highest BCUT2D eigenvalue weighted by atomic mass is 19.1. The number of carbonyl (C=O) groups is 1. The average molecular weight is 329 g/mol. The summed E-state index contributed by atoms with van der Waals surface area (Å²) in [6, 6.07) is 2.82. The number of carboxylic acid groups (broad SMARTS) is 1. The Kier molecular flexibility index (Phi) is 3.12. The molecule has 2 aromatic heterocycles. The van der Waals surface area contributed by atoms with E-state index in [-0.39, 0.29) is 22.9 Å². The fourth-order valence-corrected chi connectivity index (χ4v) is 2.75. The fourth-order valence-electron chi connectivity index (χ4n) is 2.75. The summed E-state index contributed by atoms with van der Waals surface area (Å²) in [7, 11) is 0. The minimum absolute atomic E-state index is 0.0852. The van der Waals surface area contributed by atoms with Crippen LogP contribution in [0.2, 0.25) is 0 Å². The summed E-state index contributed by atoms with van der Waals surface area (Å²) in [6.07, 6.45) is 6.21. The van der Waals surface area contributed by atoms with Gasteiger partial charge in [0.25, 0.3) is 0 Å². The number of nitrogens with zero attached hydrogens (tertiary/aromatic N) is 3. The Labute approximate surface area is 134 Å². The van der Waals surface area contributed by atoms with Crippen molar-refractivity contribution in [2.24, 2.45) is 0 Å². The largest absolute Gasteiger partial charge is 0.511 e. The zero-order chi connectivity index (χ0) is 16.8. The summed E-state index contributed by atoms with van der Waals surface area (Å²) in [5.74, 6) is -0.927. The van der Waals surface area contributed by atoms with Crippen molar-refractivity contribution in [3.05, 3.63) is 53.1 Å². The molecule has 0 bridgehead atoms. The van der Waals surface area contributed by atoms with Crippen LogP contribution in [0.4, 0.5) is 9.18 Å². The normalized spacial score (nSPS) is 14.0. The van der Waals surface area contributed by atoms with Gasteiger partial charge in [-0.25, -0.2) is 14.2 Å². The lowest BCUT2D eigenvalue weighted by Gasteiger charge is -2.14. The van der Waals surface area contributed by atoms with Gasteiger partial charge in [-0.05, 0) is 25.0 Å². The molecule has 2 heterocycles. The second-order valence-corrected chi connectivity index (χ2v) is 5.62. The van der Waals surface area contributed by atoms with E-state index in [4.69, 9.17) is 5.11 Å². The van der Waals surface area contributed by atoms with Gasteiger partial charge in [-0.15, -0.1) is 0 Å². The minimum Gasteiger partial charge on any atom is -0.449 e. The summed E-state index contributed by atoms with van der Waals surface area (Å²) < 4.78 is 22.3. The molecule has 0 atom stereocenters. The quantitative estimate of drug-likeness (QED) is 0.747. The predicted octanol–water partition coefficient (Wildman–Crippen LogP) is 2.72. The van der Waals surface area contributed by atoms with Crippen LogP contribution in [0.5, 0.6) is 5.75 Å². The second-order valence-electron chi connectivity index (χ2n) is 5.62. The number of hydrogen-bond acceptors (Lipinski definition) is 4. The first-order valence-corrected chi connectivity index (χ1v) is 7.32. The van der Waals surface area contributed by atoms with Gasteiger partial charge in [-0.2, -0.15) is 0 Å². The predicted molar refractivity (Wildman–Crippen MR) is 82.2 cm³/mol. The van der Waals surface area contributed by atoms with Crippen molar-refractivity contribution < 1.29 is 19.0 Å². The van der Waals surface area contributed by atoms with Crippen LogP contribution in [-0.4, -0.2) is 25.4 Å². The molecular formula is C16H12FN3O4. The zero-order valence-electron chi connectivity index (χ0n) is 12.3. The number of halogens is 1. The molecule has 0 aliphatic heterocycles. The van der Waals surface area contributed by atoms with Gasteiger partial charge in [0.2, 0.25) is 5.43 Å². The summed E-state index contributed by atoms with van der Waals surface area (Å²) in [5.41, 5.74) is 0.145. The van der Waals surface area contributed by atoms with Crippen LogP contribution in [0.3, 0.4) is 0 Å². The molecule has 122 valence electrons. The third kappa shape index (κ3) is 2.32. The number of imidazole rings is 1. The second kappa shape index (κ2) is 5.19. The van der Waals surface area contributed by atoms with E-state index < -0.39 is 17.4 Å². The molecule has 0 radical (unpaired) electrons. The van der Waals surface area contributed by atoms with Gasteiger partial charge in [-0.1, -0.05) is 0 Å². The van der Waals surface area contributed by atoms with E-state index in [1.807, 2.05) is 0 Å². The molecule has 7 nitrogen and oxygen atoms in total. The first-order chi connectivity index (χ1) is 11.5. The minimum atomic E-state index is -1.58. The van der Waals surface area contributed by atoms with Gasteiger partial charge in [0.05, 0.1) is 29.1 Å². The maximum Gasteiger partial charge on any atom is 0.511 e. The van der Waals surface area contributed by atoms with Gasteiger partial charge in [0.1, 0.15) is 5.82 Å². The van der Waals surface area contributed by atoms with Crippen LogP contribution < -0.4 is 10.2 Å². The van der Waals surface area contributed by atoms with Crippen LogP contribution in [-0.2, 0) is 0 Å². The Morgan fingerprint density at radius 3 is 2.79 bits per heavy atom. The molecule has 1 aliphatic rings. The molecule has 3 aromatic rings. The van der Waals surface area contributed by atoms with Crippen molar-refractivity contribution in [2.75, 3.05) is 0 Å². The van der Waals surface area contributed by atoms with Crippen LogP contribution >= 0.6 is 0 Å². The number of ether oxygens (including phenoxy) is 1. The van der Waals surface area contributed by atoms with Crippen LogP contribution in [0.15, 0.2) is 41.8 Å². The fraction of sp³-hybridized carbons (Fsp3) is 0.188. The van der Waals surface area contributed by atoms with Crippen molar-refractivity contribution in [3.63, 3.8) is 0 Å². The smallest absolute Gasteiger partial charge is 0.449 e.